The van der Waals surface area contributed by atoms with E-state index in [1.807, 2.05) is 0 Å². The van der Waals surface area contributed by atoms with Crippen LogP contribution in [0.2, 0.25) is 0 Å². The number of alkyl halides is 3. The third-order valence-corrected chi connectivity index (χ3v) is 3.36. The smallest absolute Gasteiger partial charge is 0.397 e. The number of rotatable bonds is 2. The Balaban J connectivity index is 2.11. The van der Waals surface area contributed by atoms with Crippen molar-refractivity contribution in [3.63, 3.8) is 0 Å². The van der Waals surface area contributed by atoms with Gasteiger partial charge < -0.3 is 11.1 Å². The van der Waals surface area contributed by atoms with Gasteiger partial charge in [-0.1, -0.05) is 12.8 Å². The van der Waals surface area contributed by atoms with Gasteiger partial charge in [-0.3, -0.25) is 4.79 Å². The van der Waals surface area contributed by atoms with Gasteiger partial charge >= 0.3 is 6.18 Å². The van der Waals surface area contributed by atoms with Crippen LogP contribution in [-0.2, 0) is 11.0 Å². The largest absolute Gasteiger partial charge is 0.416 e. The van der Waals surface area contributed by atoms with Crippen LogP contribution in [0.3, 0.4) is 0 Å². The molecule has 0 spiro atoms. The summed E-state index contributed by atoms with van der Waals surface area (Å²) in [7, 11) is 0. The average molecular weight is 272 g/mol. The van der Waals surface area contributed by atoms with Gasteiger partial charge in [0.15, 0.2) is 0 Å². The highest BCUT2D eigenvalue weighted by Gasteiger charge is 2.31. The predicted octanol–water partition coefficient (Wildman–Crippen LogP) is 3.42. The van der Waals surface area contributed by atoms with Crippen molar-refractivity contribution in [1.29, 1.82) is 0 Å². The van der Waals surface area contributed by atoms with Crippen LogP contribution in [0.5, 0.6) is 0 Å². The summed E-state index contributed by atoms with van der Waals surface area (Å²) >= 11 is 0. The van der Waals surface area contributed by atoms with Gasteiger partial charge in [0.1, 0.15) is 0 Å². The third-order valence-electron chi connectivity index (χ3n) is 3.36. The molecule has 1 aliphatic carbocycles. The number of halogens is 3. The maximum absolute atomic E-state index is 12.5. The molecule has 0 aromatic heterocycles. The molecular weight excluding hydrogens is 257 g/mol. The van der Waals surface area contributed by atoms with Crippen molar-refractivity contribution in [3.05, 3.63) is 23.8 Å². The zero-order valence-corrected chi connectivity index (χ0v) is 10.3. The molecule has 0 saturated heterocycles. The molecule has 19 heavy (non-hydrogen) atoms. The van der Waals surface area contributed by atoms with Gasteiger partial charge in [-0.25, -0.2) is 0 Å². The highest BCUT2D eigenvalue weighted by molar-refractivity contribution is 5.95. The quantitative estimate of drug-likeness (QED) is 0.810. The summed E-state index contributed by atoms with van der Waals surface area (Å²) in [5.41, 5.74) is 4.91. The van der Waals surface area contributed by atoms with E-state index in [0.717, 1.165) is 37.8 Å². The molecule has 0 heterocycles. The SMILES string of the molecule is Nc1cc(C(F)(F)F)ccc1NC(=O)C1CCCC1. The van der Waals surface area contributed by atoms with E-state index in [1.54, 1.807) is 0 Å². The molecule has 2 rings (SSSR count). The Hall–Kier alpha value is -1.72. The minimum absolute atomic E-state index is 0.0540. The van der Waals surface area contributed by atoms with Gasteiger partial charge in [0.05, 0.1) is 16.9 Å². The maximum Gasteiger partial charge on any atom is 0.416 e. The van der Waals surface area contributed by atoms with E-state index in [9.17, 15) is 18.0 Å². The number of benzene rings is 1. The summed E-state index contributed by atoms with van der Waals surface area (Å²) in [6.07, 6.45) is -0.748. The Morgan fingerprint density at radius 1 is 1.26 bits per heavy atom. The highest BCUT2D eigenvalue weighted by Crippen LogP contribution is 2.33. The normalized spacial score (nSPS) is 16.6. The van der Waals surface area contributed by atoms with E-state index in [-0.39, 0.29) is 23.2 Å². The summed E-state index contributed by atoms with van der Waals surface area (Å²) in [6, 6.07) is 2.95. The molecule has 6 heteroatoms. The second-order valence-electron chi connectivity index (χ2n) is 4.77. The topological polar surface area (TPSA) is 55.1 Å². The fourth-order valence-electron chi connectivity index (χ4n) is 2.28. The molecule has 0 radical (unpaired) electrons. The van der Waals surface area contributed by atoms with E-state index in [4.69, 9.17) is 5.73 Å². The average Bonchev–Trinajstić information content (AvgIpc) is 2.84. The van der Waals surface area contributed by atoms with Crippen LogP contribution in [0, 0.1) is 5.92 Å². The van der Waals surface area contributed by atoms with Crippen LogP contribution >= 0.6 is 0 Å². The maximum atomic E-state index is 12.5. The van der Waals surface area contributed by atoms with Crippen molar-refractivity contribution < 1.29 is 18.0 Å². The van der Waals surface area contributed by atoms with E-state index in [1.165, 1.54) is 6.07 Å². The Morgan fingerprint density at radius 3 is 2.42 bits per heavy atom. The van der Waals surface area contributed by atoms with E-state index < -0.39 is 11.7 Å². The van der Waals surface area contributed by atoms with Gasteiger partial charge in [0.2, 0.25) is 5.91 Å². The molecule has 1 saturated carbocycles. The van der Waals surface area contributed by atoms with Crippen molar-refractivity contribution in [3.8, 4) is 0 Å². The van der Waals surface area contributed by atoms with Crippen molar-refractivity contribution in [2.45, 2.75) is 31.9 Å². The zero-order valence-electron chi connectivity index (χ0n) is 10.3. The summed E-state index contributed by atoms with van der Waals surface area (Å²) in [5.74, 6) is -0.217. The number of anilines is 2. The fraction of sp³-hybridized carbons (Fsp3) is 0.462. The summed E-state index contributed by atoms with van der Waals surface area (Å²) < 4.78 is 37.4. The number of nitrogen functional groups attached to an aromatic ring is 1. The lowest BCUT2D eigenvalue weighted by Gasteiger charge is -2.14. The first-order valence-corrected chi connectivity index (χ1v) is 6.15. The Morgan fingerprint density at radius 2 is 1.89 bits per heavy atom. The molecule has 3 N–H and O–H groups in total. The van der Waals surface area contributed by atoms with Crippen molar-refractivity contribution >= 4 is 17.3 Å². The molecule has 0 aliphatic heterocycles. The van der Waals surface area contributed by atoms with E-state index >= 15 is 0 Å². The lowest BCUT2D eigenvalue weighted by atomic mass is 10.1. The Kier molecular flexibility index (Phi) is 3.68. The van der Waals surface area contributed by atoms with Gasteiger partial charge in [-0.05, 0) is 31.0 Å². The van der Waals surface area contributed by atoms with Crippen LogP contribution in [0.1, 0.15) is 31.2 Å². The molecule has 1 aliphatic rings. The molecule has 0 bridgehead atoms. The fourth-order valence-corrected chi connectivity index (χ4v) is 2.28. The summed E-state index contributed by atoms with van der Waals surface area (Å²) in [4.78, 5) is 11.9. The third kappa shape index (κ3) is 3.19. The highest BCUT2D eigenvalue weighted by atomic mass is 19.4. The number of hydrogen-bond acceptors (Lipinski definition) is 2. The molecule has 1 aromatic rings. The van der Waals surface area contributed by atoms with Crippen molar-refractivity contribution in [1.82, 2.24) is 0 Å². The van der Waals surface area contributed by atoms with Gasteiger partial charge in [0, 0.05) is 5.92 Å². The first-order chi connectivity index (χ1) is 8.88. The number of hydrogen-bond donors (Lipinski definition) is 2. The molecule has 104 valence electrons. The Bertz CT molecular complexity index is 479. The number of nitrogens with one attached hydrogen (secondary N) is 1. The van der Waals surface area contributed by atoms with E-state index in [2.05, 4.69) is 5.32 Å². The van der Waals surface area contributed by atoms with Crippen LogP contribution < -0.4 is 11.1 Å². The second kappa shape index (κ2) is 5.11. The second-order valence-corrected chi connectivity index (χ2v) is 4.77. The van der Waals surface area contributed by atoms with Crippen LogP contribution in [0.4, 0.5) is 24.5 Å². The minimum atomic E-state index is -4.43. The monoisotopic (exact) mass is 272 g/mol. The Labute approximate surface area is 109 Å². The van der Waals surface area contributed by atoms with Crippen molar-refractivity contribution in [2.75, 3.05) is 11.1 Å². The van der Waals surface area contributed by atoms with Gasteiger partial charge in [0.25, 0.3) is 0 Å². The van der Waals surface area contributed by atoms with E-state index in [0.29, 0.717) is 0 Å². The van der Waals surface area contributed by atoms with Gasteiger partial charge in [-0.15, -0.1) is 0 Å². The molecule has 1 amide bonds. The molecule has 0 unspecified atom stereocenters. The lowest BCUT2D eigenvalue weighted by Crippen LogP contribution is -2.21. The summed E-state index contributed by atoms with van der Waals surface area (Å²) in [6.45, 7) is 0. The number of nitrogens with two attached hydrogens (primary N) is 1. The molecule has 1 fully saturated rings. The number of carbonyl (C=O) groups excluding carboxylic acids is 1. The first kappa shape index (κ1) is 13.7. The lowest BCUT2D eigenvalue weighted by molar-refractivity contribution is -0.137. The minimum Gasteiger partial charge on any atom is -0.397 e. The van der Waals surface area contributed by atoms with Gasteiger partial charge in [-0.2, -0.15) is 13.2 Å². The first-order valence-electron chi connectivity index (χ1n) is 6.15. The molecular formula is C13H15F3N2O. The predicted molar refractivity (Wildman–Crippen MR) is 66.4 cm³/mol. The number of carbonyl (C=O) groups is 1. The molecule has 3 nitrogen and oxygen atoms in total. The standard InChI is InChI=1S/C13H15F3N2O/c14-13(15,16)9-5-6-11(10(17)7-9)18-12(19)8-3-1-2-4-8/h5-8H,1-4,17H2,(H,18,19). The van der Waals surface area contributed by atoms with Crippen molar-refractivity contribution in [2.24, 2.45) is 5.92 Å². The molecule has 0 atom stereocenters. The zero-order chi connectivity index (χ0) is 14.0. The van der Waals surface area contributed by atoms with Crippen LogP contribution in [0.25, 0.3) is 0 Å². The summed E-state index contributed by atoms with van der Waals surface area (Å²) in [5, 5.41) is 2.60. The van der Waals surface area contributed by atoms with Crippen LogP contribution in [-0.4, -0.2) is 5.91 Å². The van der Waals surface area contributed by atoms with Crippen LogP contribution in [0.15, 0.2) is 18.2 Å². The molecule has 1 aromatic carbocycles. The number of amides is 1.